The van der Waals surface area contributed by atoms with Crippen molar-refractivity contribution in [2.75, 3.05) is 6.67 Å². The Labute approximate surface area is 103 Å². The van der Waals surface area contributed by atoms with E-state index in [4.69, 9.17) is 23.2 Å². The monoisotopic (exact) mass is 260 g/mol. The van der Waals surface area contributed by atoms with Crippen molar-refractivity contribution in [1.29, 1.82) is 0 Å². The molecule has 1 heterocycles. The summed E-state index contributed by atoms with van der Waals surface area (Å²) in [5, 5.41) is 8.20. The van der Waals surface area contributed by atoms with Gasteiger partial charge in [0.1, 0.15) is 6.67 Å². The summed E-state index contributed by atoms with van der Waals surface area (Å²) in [6.07, 6.45) is 4.40. The minimum atomic E-state index is -0.351. The molecule has 1 unspecified atom stereocenters. The minimum Gasteiger partial charge on any atom is -0.246 e. The van der Waals surface area contributed by atoms with Crippen LogP contribution in [0, 0.1) is 0 Å². The molecular formula is C11H11Cl2FN2. The van der Waals surface area contributed by atoms with Crippen LogP contribution in [-0.4, -0.2) is 16.9 Å². The summed E-state index contributed by atoms with van der Waals surface area (Å²) in [5.41, 5.74) is 1.79. The van der Waals surface area contributed by atoms with Crippen LogP contribution >= 0.6 is 23.2 Å². The molecule has 1 aromatic heterocycles. The van der Waals surface area contributed by atoms with E-state index >= 15 is 0 Å². The fraction of sp³-hybridized carbons (Fsp3) is 0.455. The zero-order valence-electron chi connectivity index (χ0n) is 8.59. The molecule has 1 aliphatic carbocycles. The number of hydrogen-bond donors (Lipinski definition) is 0. The van der Waals surface area contributed by atoms with Crippen LogP contribution in [0.25, 0.3) is 0 Å². The third-order valence-corrected chi connectivity index (χ3v) is 3.34. The maximum atomic E-state index is 12.4. The van der Waals surface area contributed by atoms with Crippen LogP contribution < -0.4 is 0 Å². The van der Waals surface area contributed by atoms with E-state index in [0.29, 0.717) is 10.3 Å². The minimum absolute atomic E-state index is 0.274. The first-order valence-electron chi connectivity index (χ1n) is 5.13. The topological polar surface area (TPSA) is 25.8 Å². The van der Waals surface area contributed by atoms with Gasteiger partial charge in [-0.2, -0.15) is 0 Å². The lowest BCUT2D eigenvalue weighted by molar-refractivity contribution is 0.498. The molecule has 2 nitrogen and oxygen atoms in total. The Morgan fingerprint density at radius 1 is 1.38 bits per heavy atom. The Morgan fingerprint density at radius 3 is 2.81 bits per heavy atom. The van der Waals surface area contributed by atoms with E-state index in [1.54, 1.807) is 6.07 Å². The molecule has 0 radical (unpaired) electrons. The van der Waals surface area contributed by atoms with Gasteiger partial charge in [-0.25, -0.2) is 4.39 Å². The van der Waals surface area contributed by atoms with Crippen molar-refractivity contribution in [2.45, 2.75) is 25.2 Å². The quantitative estimate of drug-likeness (QED) is 0.753. The average Bonchev–Trinajstić information content (AvgIpc) is 2.32. The molecule has 0 N–H and O–H groups in total. The van der Waals surface area contributed by atoms with E-state index < -0.39 is 0 Å². The van der Waals surface area contributed by atoms with Gasteiger partial charge in [0.05, 0.1) is 0 Å². The molecule has 0 fully saturated rings. The van der Waals surface area contributed by atoms with Crippen molar-refractivity contribution in [3.8, 4) is 0 Å². The molecular weight excluding hydrogens is 250 g/mol. The first-order valence-corrected chi connectivity index (χ1v) is 5.88. The Morgan fingerprint density at radius 2 is 2.19 bits per heavy atom. The molecule has 0 saturated heterocycles. The molecule has 5 heteroatoms. The molecule has 1 aromatic rings. The fourth-order valence-electron chi connectivity index (χ4n) is 1.94. The molecule has 1 aliphatic rings. The predicted octanol–water partition coefficient (Wildman–Crippen LogP) is 3.95. The van der Waals surface area contributed by atoms with Crippen LogP contribution in [0.1, 0.15) is 30.7 Å². The van der Waals surface area contributed by atoms with E-state index in [9.17, 15) is 4.39 Å². The van der Waals surface area contributed by atoms with Crippen molar-refractivity contribution in [3.05, 3.63) is 33.6 Å². The molecule has 1 atom stereocenters. The fourth-order valence-corrected chi connectivity index (χ4v) is 2.35. The third kappa shape index (κ3) is 2.53. The molecule has 86 valence electrons. The Balaban J connectivity index is 2.20. The van der Waals surface area contributed by atoms with Gasteiger partial charge >= 0.3 is 0 Å². The standard InChI is InChI=1S/C11H11Cl2FN2/c12-10-5-9(11(13)16-15-10)8-3-1-7(6-14)2-4-8/h1,5,8H,2-4,6H2. The number of allylic oxidation sites excluding steroid dienone is 2. The van der Waals surface area contributed by atoms with Crippen LogP contribution in [0.5, 0.6) is 0 Å². The van der Waals surface area contributed by atoms with Crippen molar-refractivity contribution < 1.29 is 4.39 Å². The highest BCUT2D eigenvalue weighted by Crippen LogP contribution is 2.35. The van der Waals surface area contributed by atoms with Gasteiger partial charge < -0.3 is 0 Å². The number of hydrogen-bond acceptors (Lipinski definition) is 2. The number of nitrogens with zero attached hydrogens (tertiary/aromatic N) is 2. The summed E-state index contributed by atoms with van der Waals surface area (Å²) in [4.78, 5) is 0. The van der Waals surface area contributed by atoms with E-state index in [1.807, 2.05) is 6.08 Å². The van der Waals surface area contributed by atoms with Gasteiger partial charge in [-0.15, -0.1) is 10.2 Å². The Bertz CT molecular complexity index is 420. The second-order valence-corrected chi connectivity index (χ2v) is 4.63. The number of rotatable bonds is 2. The van der Waals surface area contributed by atoms with E-state index in [1.165, 1.54) is 0 Å². The third-order valence-electron chi connectivity index (χ3n) is 2.86. The van der Waals surface area contributed by atoms with Crippen LogP contribution in [0.4, 0.5) is 4.39 Å². The summed E-state index contributed by atoms with van der Waals surface area (Å²) in [7, 11) is 0. The zero-order chi connectivity index (χ0) is 11.5. The van der Waals surface area contributed by atoms with Crippen molar-refractivity contribution in [2.24, 2.45) is 0 Å². The Kier molecular flexibility index (Phi) is 3.77. The SMILES string of the molecule is FCC1=CCC(c2cc(Cl)nnc2Cl)CC1. The van der Waals surface area contributed by atoms with Crippen molar-refractivity contribution in [3.63, 3.8) is 0 Å². The highest BCUT2D eigenvalue weighted by atomic mass is 35.5. The highest BCUT2D eigenvalue weighted by Gasteiger charge is 2.19. The normalized spacial score (nSPS) is 20.7. The van der Waals surface area contributed by atoms with E-state index in [-0.39, 0.29) is 12.6 Å². The average molecular weight is 261 g/mol. The van der Waals surface area contributed by atoms with Gasteiger partial charge in [0, 0.05) is 0 Å². The lowest BCUT2D eigenvalue weighted by Crippen LogP contribution is -2.07. The summed E-state index contributed by atoms with van der Waals surface area (Å²) >= 11 is 11.8. The maximum Gasteiger partial charge on any atom is 0.155 e. The molecule has 0 saturated carbocycles. The smallest absolute Gasteiger partial charge is 0.155 e. The second-order valence-electron chi connectivity index (χ2n) is 3.88. The number of alkyl halides is 1. The second kappa shape index (κ2) is 5.11. The number of halogens is 3. The van der Waals surface area contributed by atoms with Gasteiger partial charge in [0.15, 0.2) is 10.3 Å². The zero-order valence-corrected chi connectivity index (χ0v) is 10.1. The maximum absolute atomic E-state index is 12.4. The lowest BCUT2D eigenvalue weighted by atomic mass is 9.86. The van der Waals surface area contributed by atoms with Crippen molar-refractivity contribution in [1.82, 2.24) is 10.2 Å². The van der Waals surface area contributed by atoms with Gasteiger partial charge in [-0.05, 0) is 42.4 Å². The van der Waals surface area contributed by atoms with Crippen molar-refractivity contribution >= 4 is 23.2 Å². The van der Waals surface area contributed by atoms with Gasteiger partial charge in [0.2, 0.25) is 0 Å². The molecule has 0 aliphatic heterocycles. The highest BCUT2D eigenvalue weighted by molar-refractivity contribution is 6.31. The van der Waals surface area contributed by atoms with Crippen LogP contribution in [0.2, 0.25) is 10.3 Å². The first kappa shape index (κ1) is 11.8. The molecule has 2 rings (SSSR count). The van der Waals surface area contributed by atoms with E-state index in [2.05, 4.69) is 10.2 Å². The van der Waals surface area contributed by atoms with E-state index in [0.717, 1.165) is 30.4 Å². The van der Waals surface area contributed by atoms with Gasteiger partial charge in [0.25, 0.3) is 0 Å². The van der Waals surface area contributed by atoms with Crippen LogP contribution in [0.3, 0.4) is 0 Å². The number of aromatic nitrogens is 2. The molecule has 0 amide bonds. The molecule has 16 heavy (non-hydrogen) atoms. The lowest BCUT2D eigenvalue weighted by Gasteiger charge is -2.21. The van der Waals surface area contributed by atoms with Gasteiger partial charge in [-0.1, -0.05) is 29.3 Å². The molecule has 0 aromatic carbocycles. The summed E-state index contributed by atoms with van der Waals surface area (Å²) in [6, 6.07) is 1.75. The molecule has 0 bridgehead atoms. The summed E-state index contributed by atoms with van der Waals surface area (Å²) in [5.74, 6) is 0.274. The van der Waals surface area contributed by atoms with Crippen LogP contribution in [-0.2, 0) is 0 Å². The van der Waals surface area contributed by atoms with Crippen LogP contribution in [0.15, 0.2) is 17.7 Å². The predicted molar refractivity (Wildman–Crippen MR) is 62.7 cm³/mol. The molecule has 0 spiro atoms. The van der Waals surface area contributed by atoms with Gasteiger partial charge in [-0.3, -0.25) is 0 Å². The largest absolute Gasteiger partial charge is 0.246 e. The first-order chi connectivity index (χ1) is 7.70. The summed E-state index contributed by atoms with van der Waals surface area (Å²) < 4.78 is 12.4. The Hall–Kier alpha value is -0.670. The summed E-state index contributed by atoms with van der Waals surface area (Å²) in [6.45, 7) is -0.351.